The first-order valence-corrected chi connectivity index (χ1v) is 9.28. The summed E-state index contributed by atoms with van der Waals surface area (Å²) in [4.78, 5) is 0. The van der Waals surface area contributed by atoms with E-state index in [2.05, 4.69) is 27.7 Å². The van der Waals surface area contributed by atoms with E-state index < -0.39 is 0 Å². The van der Waals surface area contributed by atoms with E-state index in [-0.39, 0.29) is 0 Å². The Morgan fingerprint density at radius 1 is 0.526 bits per heavy atom. The van der Waals surface area contributed by atoms with Crippen LogP contribution in [0.1, 0.15) is 111 Å². The van der Waals surface area contributed by atoms with Gasteiger partial charge >= 0.3 is 0 Å². The molecule has 0 aliphatic heterocycles. The first-order chi connectivity index (χ1) is 9.28. The van der Waals surface area contributed by atoms with E-state index in [0.717, 1.165) is 11.8 Å². The maximum Gasteiger partial charge on any atom is -0.0412 e. The summed E-state index contributed by atoms with van der Waals surface area (Å²) in [7, 11) is 0. The van der Waals surface area contributed by atoms with E-state index in [0.29, 0.717) is 0 Å². The lowest BCUT2D eigenvalue weighted by molar-refractivity contribution is 0.244. The van der Waals surface area contributed by atoms with Gasteiger partial charge in [0, 0.05) is 0 Å². The third-order valence-electron chi connectivity index (χ3n) is 4.12. The summed E-state index contributed by atoms with van der Waals surface area (Å²) in [6.07, 6.45) is 19.4. The van der Waals surface area contributed by atoms with Crippen molar-refractivity contribution in [2.75, 3.05) is 0 Å². The Balaban J connectivity index is 0.000000465. The van der Waals surface area contributed by atoms with Crippen LogP contribution in [0.5, 0.6) is 0 Å². The van der Waals surface area contributed by atoms with Gasteiger partial charge in [-0.2, -0.15) is 0 Å². The minimum atomic E-state index is 1.12. The molecule has 0 atom stereocenters. The molecule has 0 aromatic heterocycles. The summed E-state index contributed by atoms with van der Waals surface area (Å²) < 4.78 is 0. The van der Waals surface area contributed by atoms with Gasteiger partial charge in [-0.3, -0.25) is 0 Å². The highest BCUT2D eigenvalue weighted by Gasteiger charge is 2.20. The first kappa shape index (κ1) is 19.0. The van der Waals surface area contributed by atoms with E-state index in [4.69, 9.17) is 0 Å². The normalized spacial score (nSPS) is 20.8. The second-order valence-electron chi connectivity index (χ2n) is 6.66. The fourth-order valence-corrected chi connectivity index (χ4v) is 3.32. The van der Waals surface area contributed by atoms with Crippen LogP contribution in [0.25, 0.3) is 0 Å². The van der Waals surface area contributed by atoms with Crippen molar-refractivity contribution in [3.63, 3.8) is 0 Å². The molecule has 0 radical (unpaired) electrons. The Morgan fingerprint density at radius 2 is 0.789 bits per heavy atom. The van der Waals surface area contributed by atoms with Gasteiger partial charge in [0.05, 0.1) is 0 Å². The van der Waals surface area contributed by atoms with Gasteiger partial charge in [-0.25, -0.2) is 0 Å². The topological polar surface area (TPSA) is 0 Å². The summed E-state index contributed by atoms with van der Waals surface area (Å²) in [5.41, 5.74) is 0. The van der Waals surface area contributed by atoms with Crippen LogP contribution in [-0.4, -0.2) is 0 Å². The van der Waals surface area contributed by atoms with Crippen LogP contribution in [0.3, 0.4) is 0 Å². The van der Waals surface area contributed by atoms with Crippen molar-refractivity contribution in [2.45, 2.75) is 111 Å². The zero-order valence-corrected chi connectivity index (χ0v) is 14.3. The maximum atomic E-state index is 2.12. The van der Waals surface area contributed by atoms with E-state index in [1.807, 2.05) is 0 Å². The summed E-state index contributed by atoms with van der Waals surface area (Å²) in [6, 6.07) is 0. The molecule has 0 heterocycles. The molecule has 0 heteroatoms. The second kappa shape index (κ2) is 14.4. The molecular formula is C19H40. The number of rotatable bonds is 2. The van der Waals surface area contributed by atoms with Gasteiger partial charge in [-0.05, 0) is 18.3 Å². The Bertz CT molecular complexity index is 131. The predicted molar refractivity (Wildman–Crippen MR) is 89.7 cm³/mol. The fourth-order valence-electron chi connectivity index (χ4n) is 3.32. The van der Waals surface area contributed by atoms with Gasteiger partial charge in [0.2, 0.25) is 0 Å². The summed E-state index contributed by atoms with van der Waals surface area (Å²) in [5.74, 6) is 2.24. The summed E-state index contributed by atoms with van der Waals surface area (Å²) in [6.45, 7) is 8.50. The van der Waals surface area contributed by atoms with Crippen LogP contribution in [0.15, 0.2) is 0 Å². The molecule has 0 aromatic rings. The van der Waals surface area contributed by atoms with Gasteiger partial charge in [0.1, 0.15) is 0 Å². The van der Waals surface area contributed by atoms with Crippen LogP contribution < -0.4 is 0 Å². The van der Waals surface area contributed by atoms with Gasteiger partial charge in [0.25, 0.3) is 0 Å². The highest BCUT2D eigenvalue weighted by atomic mass is 14.3. The van der Waals surface area contributed by atoms with E-state index in [9.17, 15) is 0 Å². The molecule has 0 saturated heterocycles. The highest BCUT2D eigenvalue weighted by Crippen LogP contribution is 2.34. The van der Waals surface area contributed by atoms with Gasteiger partial charge in [0.15, 0.2) is 0 Å². The van der Waals surface area contributed by atoms with Crippen LogP contribution in [0, 0.1) is 11.8 Å². The molecule has 0 amide bonds. The lowest BCUT2D eigenvalue weighted by atomic mass is 9.78. The molecule has 116 valence electrons. The molecule has 0 bridgehead atoms. The molecular weight excluding hydrogens is 228 g/mol. The largest absolute Gasteiger partial charge is 0.0656 e. The highest BCUT2D eigenvalue weighted by molar-refractivity contribution is 4.73. The van der Waals surface area contributed by atoms with Crippen molar-refractivity contribution in [3.05, 3.63) is 0 Å². The third kappa shape index (κ3) is 11.5. The average molecular weight is 269 g/mol. The molecule has 19 heavy (non-hydrogen) atoms. The molecule has 0 nitrogen and oxygen atoms in total. The molecule has 2 aliphatic carbocycles. The van der Waals surface area contributed by atoms with Crippen molar-refractivity contribution in [3.8, 4) is 0 Å². The monoisotopic (exact) mass is 268 g/mol. The van der Waals surface area contributed by atoms with Crippen molar-refractivity contribution in [2.24, 2.45) is 11.8 Å². The van der Waals surface area contributed by atoms with Gasteiger partial charge in [-0.15, -0.1) is 0 Å². The third-order valence-corrected chi connectivity index (χ3v) is 4.12. The van der Waals surface area contributed by atoms with Crippen LogP contribution in [0.4, 0.5) is 0 Å². The minimum absolute atomic E-state index is 1.12. The average Bonchev–Trinajstić information content (AvgIpc) is 2.43. The maximum absolute atomic E-state index is 2.12. The van der Waals surface area contributed by atoms with Crippen LogP contribution in [-0.2, 0) is 0 Å². The molecule has 2 fully saturated rings. The van der Waals surface area contributed by atoms with Crippen molar-refractivity contribution in [1.82, 2.24) is 0 Å². The predicted octanol–water partition coefficient (Wildman–Crippen LogP) is 7.37. The van der Waals surface area contributed by atoms with Crippen LogP contribution in [0.2, 0.25) is 0 Å². The summed E-state index contributed by atoms with van der Waals surface area (Å²) >= 11 is 0. The van der Waals surface area contributed by atoms with Crippen LogP contribution >= 0.6 is 0 Å². The molecule has 0 N–H and O–H groups in total. The Kier molecular flexibility index (Phi) is 14.4. The Labute approximate surface area is 123 Å². The smallest absolute Gasteiger partial charge is 0.0412 e. The van der Waals surface area contributed by atoms with Crippen molar-refractivity contribution >= 4 is 0 Å². The molecule has 2 saturated carbocycles. The quantitative estimate of drug-likeness (QED) is 0.490. The lowest BCUT2D eigenvalue weighted by Crippen LogP contribution is -2.14. The number of hydrogen-bond donors (Lipinski definition) is 0. The summed E-state index contributed by atoms with van der Waals surface area (Å²) in [5, 5.41) is 0. The zero-order valence-electron chi connectivity index (χ0n) is 14.3. The molecule has 0 aromatic carbocycles. The van der Waals surface area contributed by atoms with E-state index in [1.54, 1.807) is 32.1 Å². The fraction of sp³-hybridized carbons (Fsp3) is 1.00. The standard InChI is InChI=1S/C13H24.2C3H8/c1-3-7-12(8-4-1)11-13-9-5-2-6-10-13;2*1-3-2/h12-13H,1-11H2;2*3H2,1-2H3. The molecule has 2 aliphatic rings. The van der Waals surface area contributed by atoms with E-state index >= 15 is 0 Å². The zero-order chi connectivity index (χ0) is 14.3. The Hall–Kier alpha value is 0. The van der Waals surface area contributed by atoms with Gasteiger partial charge < -0.3 is 0 Å². The van der Waals surface area contributed by atoms with E-state index in [1.165, 1.54) is 51.4 Å². The molecule has 0 unspecified atom stereocenters. The van der Waals surface area contributed by atoms with Gasteiger partial charge in [-0.1, -0.05) is 105 Å². The molecule has 0 spiro atoms. The SMILES string of the molecule is C1CCC(CC2CCCCC2)CC1.CCC.CCC. The second-order valence-corrected chi connectivity index (χ2v) is 6.66. The first-order valence-electron chi connectivity index (χ1n) is 9.28. The molecule has 2 rings (SSSR count). The number of hydrogen-bond acceptors (Lipinski definition) is 0. The van der Waals surface area contributed by atoms with Crippen molar-refractivity contribution < 1.29 is 0 Å². The van der Waals surface area contributed by atoms with Crippen molar-refractivity contribution in [1.29, 1.82) is 0 Å². The Morgan fingerprint density at radius 3 is 1.05 bits per heavy atom. The lowest BCUT2D eigenvalue weighted by Gasteiger charge is -2.28. The minimum Gasteiger partial charge on any atom is -0.0656 e.